The molecule has 0 aliphatic carbocycles. The number of thiophene rings is 1. The van der Waals surface area contributed by atoms with E-state index in [4.69, 9.17) is 0 Å². The van der Waals surface area contributed by atoms with E-state index in [1.54, 1.807) is 0 Å². The van der Waals surface area contributed by atoms with Crippen LogP contribution in [0.1, 0.15) is 35.0 Å². The van der Waals surface area contributed by atoms with Gasteiger partial charge in [0, 0.05) is 0 Å². The first-order chi connectivity index (χ1) is 5.74. The van der Waals surface area contributed by atoms with Crippen LogP contribution in [0.25, 0.3) is 0 Å². The molecule has 1 heterocycles. The molecule has 0 aliphatic heterocycles. The SMILES string of the molecule is CCCCc1csc(C(=O)[Se])c1. The molecule has 0 amide bonds. The van der Waals surface area contributed by atoms with Crippen LogP contribution >= 0.6 is 11.3 Å². The molecule has 1 nitrogen and oxygen atoms in total. The van der Waals surface area contributed by atoms with Crippen LogP contribution in [0.5, 0.6) is 0 Å². The first-order valence-electron chi connectivity index (χ1n) is 4.02. The van der Waals surface area contributed by atoms with Gasteiger partial charge in [0.2, 0.25) is 0 Å². The minimum atomic E-state index is 0.0581. The molecule has 65 valence electrons. The summed E-state index contributed by atoms with van der Waals surface area (Å²) >= 11 is 4.02. The van der Waals surface area contributed by atoms with E-state index in [2.05, 4.69) is 28.3 Å². The predicted molar refractivity (Wildman–Crippen MR) is 53.0 cm³/mol. The molecule has 0 aromatic carbocycles. The molecule has 3 heteroatoms. The van der Waals surface area contributed by atoms with E-state index in [1.807, 2.05) is 6.07 Å². The Morgan fingerprint density at radius 1 is 1.67 bits per heavy atom. The Balaban J connectivity index is 2.58. The second kappa shape index (κ2) is 4.80. The zero-order chi connectivity index (χ0) is 8.97. The van der Waals surface area contributed by atoms with Crippen molar-refractivity contribution in [3.05, 3.63) is 21.9 Å². The van der Waals surface area contributed by atoms with Crippen LogP contribution in [0.2, 0.25) is 0 Å². The zero-order valence-electron chi connectivity index (χ0n) is 7.00. The van der Waals surface area contributed by atoms with Crippen molar-refractivity contribution in [3.8, 4) is 0 Å². The molecule has 1 radical (unpaired) electrons. The van der Waals surface area contributed by atoms with Crippen molar-refractivity contribution in [2.45, 2.75) is 26.2 Å². The molecule has 0 aliphatic rings. The Morgan fingerprint density at radius 3 is 2.92 bits per heavy atom. The van der Waals surface area contributed by atoms with Crippen molar-refractivity contribution in [3.63, 3.8) is 0 Å². The summed E-state index contributed by atoms with van der Waals surface area (Å²) in [6.07, 6.45) is 3.51. The number of carbonyl (C=O) groups excluding carboxylic acids is 1. The Morgan fingerprint density at radius 2 is 2.42 bits per heavy atom. The molecular formula is C9H11OSSe. The Kier molecular flexibility index (Phi) is 3.99. The quantitative estimate of drug-likeness (QED) is 0.745. The number of unbranched alkanes of at least 4 members (excludes halogenated alkanes) is 1. The van der Waals surface area contributed by atoms with Crippen LogP contribution < -0.4 is 0 Å². The van der Waals surface area contributed by atoms with E-state index in [-0.39, 0.29) is 4.68 Å². The van der Waals surface area contributed by atoms with Gasteiger partial charge in [-0.05, 0) is 0 Å². The molecule has 0 saturated heterocycles. The summed E-state index contributed by atoms with van der Waals surface area (Å²) in [7, 11) is 0. The third kappa shape index (κ3) is 2.74. The van der Waals surface area contributed by atoms with Gasteiger partial charge in [-0.3, -0.25) is 0 Å². The number of carbonyl (C=O) groups is 1. The number of hydrogen-bond acceptors (Lipinski definition) is 2. The van der Waals surface area contributed by atoms with E-state index < -0.39 is 0 Å². The average molecular weight is 246 g/mol. The fraction of sp³-hybridized carbons (Fsp3) is 0.444. The van der Waals surface area contributed by atoms with Crippen LogP contribution in [0.15, 0.2) is 11.4 Å². The minimum absolute atomic E-state index is 0.0581. The van der Waals surface area contributed by atoms with Crippen LogP contribution in [0, 0.1) is 0 Å². The fourth-order valence-electron chi connectivity index (χ4n) is 0.995. The third-order valence-electron chi connectivity index (χ3n) is 1.67. The van der Waals surface area contributed by atoms with Gasteiger partial charge in [-0.2, -0.15) is 0 Å². The maximum atomic E-state index is 10.9. The standard InChI is InChI=1S/C9H11OSSe/c1-2-3-4-7-5-8(9(10)12)11-6-7/h5-6H,2-4H2,1H3. The second-order valence-corrected chi connectivity index (χ2v) is 4.40. The molecule has 0 saturated carbocycles. The molecule has 0 fully saturated rings. The van der Waals surface area contributed by atoms with Crippen molar-refractivity contribution in [2.24, 2.45) is 0 Å². The van der Waals surface area contributed by atoms with Crippen LogP contribution in [-0.4, -0.2) is 20.7 Å². The summed E-state index contributed by atoms with van der Waals surface area (Å²) in [4.78, 5) is 11.7. The Labute approximate surface area is 85.0 Å². The summed E-state index contributed by atoms with van der Waals surface area (Å²) in [5.74, 6) is 0. The molecule has 0 spiro atoms. The van der Waals surface area contributed by atoms with Gasteiger partial charge in [0.1, 0.15) is 0 Å². The average Bonchev–Trinajstić information content (AvgIpc) is 2.48. The monoisotopic (exact) mass is 247 g/mol. The first-order valence-corrected chi connectivity index (χ1v) is 5.76. The summed E-state index contributed by atoms with van der Waals surface area (Å²) in [5.41, 5.74) is 1.29. The van der Waals surface area contributed by atoms with E-state index in [0.717, 1.165) is 11.3 Å². The van der Waals surface area contributed by atoms with E-state index in [9.17, 15) is 4.79 Å². The van der Waals surface area contributed by atoms with Gasteiger partial charge in [-0.25, -0.2) is 0 Å². The van der Waals surface area contributed by atoms with Crippen molar-refractivity contribution in [1.82, 2.24) is 0 Å². The van der Waals surface area contributed by atoms with Gasteiger partial charge in [-0.15, -0.1) is 0 Å². The van der Waals surface area contributed by atoms with Gasteiger partial charge in [-0.1, -0.05) is 0 Å². The maximum absolute atomic E-state index is 10.9. The van der Waals surface area contributed by atoms with E-state index in [0.29, 0.717) is 0 Å². The van der Waals surface area contributed by atoms with Gasteiger partial charge in [0.15, 0.2) is 0 Å². The first kappa shape index (κ1) is 9.97. The van der Waals surface area contributed by atoms with Crippen LogP contribution in [-0.2, 0) is 6.42 Å². The molecule has 1 aromatic rings. The molecule has 1 rings (SSSR count). The van der Waals surface area contributed by atoms with Crippen LogP contribution in [0.3, 0.4) is 0 Å². The molecule has 12 heavy (non-hydrogen) atoms. The molecule has 0 N–H and O–H groups in total. The summed E-state index contributed by atoms with van der Waals surface area (Å²) in [5, 5.41) is 2.07. The predicted octanol–water partition coefficient (Wildman–Crippen LogP) is 2.40. The van der Waals surface area contributed by atoms with Crippen molar-refractivity contribution >= 4 is 32.0 Å². The van der Waals surface area contributed by atoms with Gasteiger partial charge >= 0.3 is 84.9 Å². The van der Waals surface area contributed by atoms with Crippen LogP contribution in [0.4, 0.5) is 0 Å². The summed E-state index contributed by atoms with van der Waals surface area (Å²) in [6, 6.07) is 1.99. The molecule has 0 unspecified atom stereocenters. The summed E-state index contributed by atoms with van der Waals surface area (Å²) < 4.78 is 0.0581. The number of aryl methyl sites for hydroxylation is 1. The number of hydrogen-bond donors (Lipinski definition) is 0. The molecular weight excluding hydrogens is 235 g/mol. The van der Waals surface area contributed by atoms with Crippen molar-refractivity contribution < 1.29 is 4.79 Å². The third-order valence-corrected chi connectivity index (χ3v) is 3.40. The van der Waals surface area contributed by atoms with E-state index >= 15 is 0 Å². The molecule has 0 bridgehead atoms. The van der Waals surface area contributed by atoms with Gasteiger partial charge in [0.05, 0.1) is 0 Å². The topological polar surface area (TPSA) is 17.1 Å². The second-order valence-electron chi connectivity index (χ2n) is 2.71. The normalized spacial score (nSPS) is 10.1. The van der Waals surface area contributed by atoms with Crippen molar-refractivity contribution in [1.29, 1.82) is 0 Å². The van der Waals surface area contributed by atoms with Crippen molar-refractivity contribution in [2.75, 3.05) is 0 Å². The van der Waals surface area contributed by atoms with E-state index in [1.165, 1.54) is 29.7 Å². The Hall–Kier alpha value is -0.111. The molecule has 1 aromatic heterocycles. The van der Waals surface area contributed by atoms with Gasteiger partial charge < -0.3 is 0 Å². The fourth-order valence-corrected chi connectivity index (χ4v) is 2.20. The number of rotatable bonds is 4. The zero-order valence-corrected chi connectivity index (χ0v) is 9.53. The molecule has 0 atom stereocenters. The Bertz CT molecular complexity index is 267. The summed E-state index contributed by atoms with van der Waals surface area (Å²) in [6.45, 7) is 2.17. The van der Waals surface area contributed by atoms with Gasteiger partial charge in [0.25, 0.3) is 0 Å².